The molecule has 1 saturated carbocycles. The summed E-state index contributed by atoms with van der Waals surface area (Å²) in [5.74, 6) is 0.109. The van der Waals surface area contributed by atoms with Crippen LogP contribution in [0.15, 0.2) is 24.3 Å². The van der Waals surface area contributed by atoms with Gasteiger partial charge in [0.25, 0.3) is 0 Å². The van der Waals surface area contributed by atoms with Crippen LogP contribution in [0, 0.1) is 0 Å². The predicted molar refractivity (Wildman–Crippen MR) is 97.2 cm³/mol. The number of nitrogens with zero attached hydrogens (tertiary/aromatic N) is 2. The first-order valence-electron chi connectivity index (χ1n) is 8.59. The fourth-order valence-corrected chi connectivity index (χ4v) is 3.85. The second-order valence-corrected chi connectivity index (χ2v) is 7.24. The highest BCUT2D eigenvalue weighted by Crippen LogP contribution is 2.42. The Morgan fingerprint density at radius 2 is 1.92 bits per heavy atom. The highest BCUT2D eigenvalue weighted by atomic mass is 35.5. The van der Waals surface area contributed by atoms with E-state index in [1.54, 1.807) is 18.0 Å². The summed E-state index contributed by atoms with van der Waals surface area (Å²) < 4.78 is 0. The molecule has 0 bridgehead atoms. The van der Waals surface area contributed by atoms with Gasteiger partial charge in [0.15, 0.2) is 5.78 Å². The number of hydrogen-bond acceptors (Lipinski definition) is 3. The molecule has 1 aromatic rings. The fourth-order valence-electron chi connectivity index (χ4n) is 3.56. The third kappa shape index (κ3) is 3.81. The van der Waals surface area contributed by atoms with E-state index in [2.05, 4.69) is 4.90 Å². The van der Waals surface area contributed by atoms with Crippen molar-refractivity contribution in [3.8, 4) is 0 Å². The first kappa shape index (κ1) is 18.9. The number of hydrogen-bond donors (Lipinski definition) is 0. The average molecular weight is 351 g/mol. The van der Waals surface area contributed by atoms with E-state index in [-0.39, 0.29) is 11.7 Å². The lowest BCUT2D eigenvalue weighted by Gasteiger charge is -2.44. The molecular formula is C19H27ClN2O2. The van der Waals surface area contributed by atoms with Crippen molar-refractivity contribution in [2.24, 2.45) is 0 Å². The van der Waals surface area contributed by atoms with Gasteiger partial charge in [0.05, 0.1) is 0 Å². The van der Waals surface area contributed by atoms with Crippen LogP contribution in [0.3, 0.4) is 0 Å². The summed E-state index contributed by atoms with van der Waals surface area (Å²) in [5.41, 5.74) is -0.147. The van der Waals surface area contributed by atoms with Crippen LogP contribution in [0.2, 0.25) is 5.02 Å². The maximum atomic E-state index is 12.9. The Bertz CT molecular complexity index is 603. The van der Waals surface area contributed by atoms with E-state index in [9.17, 15) is 9.59 Å². The Labute approximate surface area is 149 Å². The van der Waals surface area contributed by atoms with Crippen molar-refractivity contribution < 1.29 is 9.59 Å². The largest absolute Gasteiger partial charge is 0.329 e. The Kier molecular flexibility index (Phi) is 6.41. The number of rotatable bonds is 6. The molecule has 1 aromatic carbocycles. The zero-order valence-electron chi connectivity index (χ0n) is 14.8. The van der Waals surface area contributed by atoms with Crippen molar-refractivity contribution in [1.29, 1.82) is 0 Å². The number of carbonyl (C=O) groups is 2. The molecule has 4 nitrogen and oxygen atoms in total. The molecule has 0 aliphatic heterocycles. The average Bonchev–Trinajstić information content (AvgIpc) is 2.55. The smallest absolute Gasteiger partial charge is 0.223 e. The molecule has 1 aliphatic carbocycles. The quantitative estimate of drug-likeness (QED) is 0.788. The Morgan fingerprint density at radius 3 is 2.54 bits per heavy atom. The van der Waals surface area contributed by atoms with E-state index >= 15 is 0 Å². The van der Waals surface area contributed by atoms with Crippen molar-refractivity contribution in [1.82, 2.24) is 9.80 Å². The molecule has 0 radical (unpaired) electrons. The monoisotopic (exact) mass is 350 g/mol. The lowest BCUT2D eigenvalue weighted by molar-refractivity contribution is -0.148. The van der Waals surface area contributed by atoms with E-state index in [1.165, 1.54) is 0 Å². The van der Waals surface area contributed by atoms with Gasteiger partial charge in [-0.1, -0.05) is 29.8 Å². The standard InChI is InChI=1S/C19H27ClN2O2/c1-21(2)14-8-12-18(24)22(3)19(13-7-6-11-17(19)23)15-9-4-5-10-16(15)20/h4-5,9-10H,6-8,11-14H2,1-3H3. The van der Waals surface area contributed by atoms with E-state index in [1.807, 2.05) is 32.3 Å². The number of ketones is 1. The van der Waals surface area contributed by atoms with Gasteiger partial charge >= 0.3 is 0 Å². The predicted octanol–water partition coefficient (Wildman–Crippen LogP) is 3.48. The summed E-state index contributed by atoms with van der Waals surface area (Å²) >= 11 is 6.41. The van der Waals surface area contributed by atoms with Crippen molar-refractivity contribution in [3.63, 3.8) is 0 Å². The summed E-state index contributed by atoms with van der Waals surface area (Å²) in [6, 6.07) is 7.42. The Hall–Kier alpha value is -1.39. The second kappa shape index (κ2) is 8.13. The summed E-state index contributed by atoms with van der Waals surface area (Å²) in [4.78, 5) is 29.4. The van der Waals surface area contributed by atoms with Crippen molar-refractivity contribution in [2.45, 2.75) is 44.1 Å². The van der Waals surface area contributed by atoms with Crippen LogP contribution in [-0.2, 0) is 15.1 Å². The molecular weight excluding hydrogens is 324 g/mol. The number of amides is 1. The van der Waals surface area contributed by atoms with E-state index in [0.29, 0.717) is 24.3 Å². The van der Waals surface area contributed by atoms with Gasteiger partial charge in [0.2, 0.25) is 5.91 Å². The van der Waals surface area contributed by atoms with Crippen LogP contribution < -0.4 is 0 Å². The third-order valence-electron chi connectivity index (χ3n) is 4.92. The van der Waals surface area contributed by atoms with Crippen molar-refractivity contribution in [2.75, 3.05) is 27.7 Å². The molecule has 1 fully saturated rings. The molecule has 1 atom stereocenters. The van der Waals surface area contributed by atoms with Gasteiger partial charge in [-0.05, 0) is 52.4 Å². The minimum atomic E-state index is -0.911. The van der Waals surface area contributed by atoms with Gasteiger partial charge in [0, 0.05) is 30.5 Å². The minimum Gasteiger partial charge on any atom is -0.329 e. The molecule has 0 N–H and O–H groups in total. The molecule has 5 heteroatoms. The second-order valence-electron chi connectivity index (χ2n) is 6.83. The van der Waals surface area contributed by atoms with Crippen molar-refractivity contribution in [3.05, 3.63) is 34.9 Å². The molecule has 24 heavy (non-hydrogen) atoms. The summed E-state index contributed by atoms with van der Waals surface area (Å²) in [6.45, 7) is 0.854. The molecule has 0 heterocycles. The molecule has 2 rings (SSSR count). The number of carbonyl (C=O) groups excluding carboxylic acids is 2. The minimum absolute atomic E-state index is 0.00650. The zero-order chi connectivity index (χ0) is 17.7. The molecule has 1 amide bonds. The van der Waals surface area contributed by atoms with Crippen LogP contribution in [0.1, 0.15) is 44.1 Å². The molecule has 132 valence electrons. The van der Waals surface area contributed by atoms with E-state index < -0.39 is 5.54 Å². The van der Waals surface area contributed by atoms with Gasteiger partial charge in [0.1, 0.15) is 5.54 Å². The summed E-state index contributed by atoms with van der Waals surface area (Å²) in [5, 5.41) is 0.556. The van der Waals surface area contributed by atoms with Crippen LogP contribution in [0.25, 0.3) is 0 Å². The van der Waals surface area contributed by atoms with Gasteiger partial charge in [-0.15, -0.1) is 0 Å². The molecule has 1 aliphatic rings. The fraction of sp³-hybridized carbons (Fsp3) is 0.579. The number of likely N-dealkylation sites (N-methyl/N-ethyl adjacent to an activating group) is 1. The van der Waals surface area contributed by atoms with Gasteiger partial charge in [-0.25, -0.2) is 0 Å². The number of Topliss-reactive ketones (excluding diaryl/α,β-unsaturated/α-hetero) is 1. The van der Waals surface area contributed by atoms with Crippen LogP contribution >= 0.6 is 11.6 Å². The van der Waals surface area contributed by atoms with Gasteiger partial charge < -0.3 is 9.80 Å². The first-order chi connectivity index (χ1) is 11.4. The number of halogens is 1. The van der Waals surface area contributed by atoms with Gasteiger partial charge in [-0.2, -0.15) is 0 Å². The number of benzene rings is 1. The summed E-state index contributed by atoms with van der Waals surface area (Å²) in [7, 11) is 5.73. The maximum absolute atomic E-state index is 12.9. The first-order valence-corrected chi connectivity index (χ1v) is 8.97. The van der Waals surface area contributed by atoms with Gasteiger partial charge in [-0.3, -0.25) is 9.59 Å². The van der Waals surface area contributed by atoms with Crippen LogP contribution in [-0.4, -0.2) is 49.2 Å². The topological polar surface area (TPSA) is 40.6 Å². The molecule has 0 saturated heterocycles. The SMILES string of the molecule is CN(C)CCCC(=O)N(C)C1(c2ccccc2Cl)CCCCC1=O. The molecule has 1 unspecified atom stereocenters. The summed E-state index contributed by atoms with van der Waals surface area (Å²) in [6.07, 6.45) is 4.17. The van der Waals surface area contributed by atoms with Crippen LogP contribution in [0.4, 0.5) is 0 Å². The lowest BCUT2D eigenvalue weighted by atomic mass is 9.74. The highest BCUT2D eigenvalue weighted by Gasteiger charge is 2.47. The zero-order valence-corrected chi connectivity index (χ0v) is 15.6. The highest BCUT2D eigenvalue weighted by molar-refractivity contribution is 6.31. The maximum Gasteiger partial charge on any atom is 0.223 e. The Balaban J connectivity index is 2.31. The van der Waals surface area contributed by atoms with Crippen molar-refractivity contribution >= 4 is 23.3 Å². The normalized spacial score (nSPS) is 21.1. The van der Waals surface area contributed by atoms with E-state index in [4.69, 9.17) is 11.6 Å². The molecule has 0 aromatic heterocycles. The lowest BCUT2D eigenvalue weighted by Crippen LogP contribution is -2.54. The van der Waals surface area contributed by atoms with E-state index in [0.717, 1.165) is 31.4 Å². The Morgan fingerprint density at radius 1 is 1.21 bits per heavy atom. The van der Waals surface area contributed by atoms with Crippen LogP contribution in [0.5, 0.6) is 0 Å². The third-order valence-corrected chi connectivity index (χ3v) is 5.25. The molecule has 0 spiro atoms.